The van der Waals surface area contributed by atoms with Crippen LogP contribution < -0.4 is 5.32 Å². The lowest BCUT2D eigenvalue weighted by atomic mass is 10.2. The fourth-order valence-electron chi connectivity index (χ4n) is 2.27. The molecule has 2 heterocycles. The maximum absolute atomic E-state index is 5.26. The highest BCUT2D eigenvalue weighted by atomic mass is 127. The van der Waals surface area contributed by atoms with Crippen molar-refractivity contribution < 1.29 is 4.52 Å². The average molecular weight is 477 g/mol. The molecule has 0 bridgehead atoms. The van der Waals surface area contributed by atoms with Gasteiger partial charge in [-0.3, -0.25) is 4.99 Å². The lowest BCUT2D eigenvalue weighted by Crippen LogP contribution is -2.40. The van der Waals surface area contributed by atoms with Crippen LogP contribution in [0.15, 0.2) is 27.0 Å². The van der Waals surface area contributed by atoms with Crippen molar-refractivity contribution in [3.05, 3.63) is 34.1 Å². The zero-order valence-corrected chi connectivity index (χ0v) is 18.5. The largest absolute Gasteiger partial charge is 0.356 e. The van der Waals surface area contributed by atoms with Gasteiger partial charge in [-0.1, -0.05) is 25.1 Å². The predicted molar refractivity (Wildman–Crippen MR) is 114 cm³/mol. The van der Waals surface area contributed by atoms with Crippen molar-refractivity contribution in [2.45, 2.75) is 39.0 Å². The van der Waals surface area contributed by atoms with E-state index in [2.05, 4.69) is 63.8 Å². The number of halogens is 1. The Kier molecular flexibility index (Phi) is 10.0. The molecular formula is C17H28IN5OS. The van der Waals surface area contributed by atoms with Gasteiger partial charge in [-0.2, -0.15) is 4.98 Å². The van der Waals surface area contributed by atoms with Crippen molar-refractivity contribution in [3.8, 4) is 0 Å². The third-order valence-corrected chi connectivity index (χ3v) is 4.63. The molecule has 2 rings (SSSR count). The van der Waals surface area contributed by atoms with Crippen LogP contribution >= 0.6 is 35.3 Å². The molecule has 8 heteroatoms. The number of nitrogens with one attached hydrogen (secondary N) is 1. The summed E-state index contributed by atoms with van der Waals surface area (Å²) in [5.41, 5.74) is 0. The fourth-order valence-corrected chi connectivity index (χ4v) is 2.97. The Morgan fingerprint density at radius 2 is 2.20 bits per heavy atom. The number of likely N-dealkylation sites (N-methyl/N-ethyl adjacent to an activating group) is 1. The highest BCUT2D eigenvalue weighted by Gasteiger charge is 2.10. The molecule has 2 aromatic heterocycles. The van der Waals surface area contributed by atoms with Crippen LogP contribution in [0.3, 0.4) is 0 Å². The zero-order valence-electron chi connectivity index (χ0n) is 15.4. The summed E-state index contributed by atoms with van der Waals surface area (Å²) >= 11 is 1.80. The van der Waals surface area contributed by atoms with Crippen LogP contribution in [0.2, 0.25) is 0 Å². The second kappa shape index (κ2) is 11.5. The van der Waals surface area contributed by atoms with Crippen LogP contribution in [-0.4, -0.2) is 48.2 Å². The van der Waals surface area contributed by atoms with Gasteiger partial charge < -0.3 is 14.7 Å². The van der Waals surface area contributed by atoms with Crippen molar-refractivity contribution in [3.63, 3.8) is 0 Å². The van der Waals surface area contributed by atoms with Crippen molar-refractivity contribution in [2.75, 3.05) is 27.2 Å². The van der Waals surface area contributed by atoms with Crippen molar-refractivity contribution in [1.82, 2.24) is 20.4 Å². The van der Waals surface area contributed by atoms with E-state index >= 15 is 0 Å². The fraction of sp³-hybridized carbons (Fsp3) is 0.588. The molecule has 1 N–H and O–H groups in total. The van der Waals surface area contributed by atoms with Crippen LogP contribution in [0.1, 0.15) is 42.8 Å². The summed E-state index contributed by atoms with van der Waals surface area (Å²) in [6.45, 7) is 5.90. The lowest BCUT2D eigenvalue weighted by Gasteiger charge is -2.21. The summed E-state index contributed by atoms with van der Waals surface area (Å²) in [5, 5.41) is 9.49. The molecule has 0 radical (unpaired) electrons. The predicted octanol–water partition coefficient (Wildman–Crippen LogP) is 3.56. The van der Waals surface area contributed by atoms with Gasteiger partial charge in [0.1, 0.15) is 0 Å². The Morgan fingerprint density at radius 1 is 1.40 bits per heavy atom. The molecule has 0 aliphatic heterocycles. The van der Waals surface area contributed by atoms with Gasteiger partial charge in [0.15, 0.2) is 11.8 Å². The maximum Gasteiger partial charge on any atom is 0.226 e. The molecule has 0 spiro atoms. The summed E-state index contributed by atoms with van der Waals surface area (Å²) in [4.78, 5) is 12.3. The summed E-state index contributed by atoms with van der Waals surface area (Å²) in [5.74, 6) is 2.71. The molecule has 0 amide bonds. The zero-order chi connectivity index (χ0) is 17.4. The Bertz CT molecular complexity index is 627. The van der Waals surface area contributed by atoms with E-state index in [1.807, 2.05) is 7.05 Å². The number of rotatable bonds is 8. The minimum atomic E-state index is 0. The molecule has 0 fully saturated rings. The molecule has 2 aromatic rings. The van der Waals surface area contributed by atoms with Crippen LogP contribution in [0, 0.1) is 0 Å². The number of aromatic nitrogens is 2. The van der Waals surface area contributed by atoms with Gasteiger partial charge in [0, 0.05) is 44.4 Å². The number of guanidine groups is 1. The van der Waals surface area contributed by atoms with E-state index in [1.54, 1.807) is 11.3 Å². The number of aliphatic imine (C=N–C) groups is 1. The molecule has 0 saturated carbocycles. The average Bonchev–Trinajstić information content (AvgIpc) is 3.24. The first-order chi connectivity index (χ1) is 11.6. The summed E-state index contributed by atoms with van der Waals surface area (Å²) in [6, 6.07) is 4.26. The molecule has 140 valence electrons. The van der Waals surface area contributed by atoms with Crippen LogP contribution in [0.5, 0.6) is 0 Å². The van der Waals surface area contributed by atoms with E-state index in [0.717, 1.165) is 44.1 Å². The molecule has 0 aliphatic carbocycles. The summed E-state index contributed by atoms with van der Waals surface area (Å²) in [7, 11) is 3.88. The third kappa shape index (κ3) is 7.31. The number of hydrogen-bond donors (Lipinski definition) is 1. The highest BCUT2D eigenvalue weighted by molar-refractivity contribution is 14.0. The van der Waals surface area contributed by atoms with Gasteiger partial charge >= 0.3 is 0 Å². The second-order valence-corrected chi connectivity index (χ2v) is 7.06. The van der Waals surface area contributed by atoms with E-state index < -0.39 is 0 Å². The second-order valence-electron chi connectivity index (χ2n) is 6.03. The topological polar surface area (TPSA) is 66.5 Å². The van der Waals surface area contributed by atoms with Crippen molar-refractivity contribution >= 4 is 41.3 Å². The van der Waals surface area contributed by atoms with Crippen molar-refractivity contribution in [1.29, 1.82) is 0 Å². The number of nitrogens with zero attached hydrogens (tertiary/aromatic N) is 4. The maximum atomic E-state index is 5.26. The van der Waals surface area contributed by atoms with Gasteiger partial charge in [-0.05, 0) is 24.3 Å². The van der Waals surface area contributed by atoms with Gasteiger partial charge in [-0.15, -0.1) is 35.3 Å². The lowest BCUT2D eigenvalue weighted by molar-refractivity contribution is 0.368. The van der Waals surface area contributed by atoms with Gasteiger partial charge in [-0.25, -0.2) is 0 Å². The van der Waals surface area contributed by atoms with Crippen LogP contribution in [0.4, 0.5) is 0 Å². The molecule has 0 unspecified atom stereocenters. The smallest absolute Gasteiger partial charge is 0.226 e. The SMILES string of the molecule is CN=C(NCCCc1nc(C(C)C)no1)N(C)CCc1cccs1.I. The van der Waals surface area contributed by atoms with E-state index in [0.29, 0.717) is 11.8 Å². The number of hydrogen-bond acceptors (Lipinski definition) is 5. The normalized spacial score (nSPS) is 11.5. The molecule has 0 aliphatic rings. The van der Waals surface area contributed by atoms with Gasteiger partial charge in [0.25, 0.3) is 0 Å². The molecule has 6 nitrogen and oxygen atoms in total. The highest BCUT2D eigenvalue weighted by Crippen LogP contribution is 2.11. The molecule has 0 aromatic carbocycles. The molecule has 0 saturated heterocycles. The first-order valence-electron chi connectivity index (χ1n) is 8.36. The minimum absolute atomic E-state index is 0. The molecular weight excluding hydrogens is 449 g/mol. The first-order valence-corrected chi connectivity index (χ1v) is 9.24. The van der Waals surface area contributed by atoms with E-state index in [1.165, 1.54) is 4.88 Å². The standard InChI is InChI=1S/C17H27N5OS.HI/c1-13(2)16-20-15(23-21-16)8-5-10-19-17(18-3)22(4)11-9-14-7-6-12-24-14;/h6-7,12-13H,5,8-11H2,1-4H3,(H,18,19);1H. The van der Waals surface area contributed by atoms with E-state index in [4.69, 9.17) is 4.52 Å². The Balaban J connectivity index is 0.00000312. The summed E-state index contributed by atoms with van der Waals surface area (Å²) in [6.07, 6.45) is 2.75. The molecule has 25 heavy (non-hydrogen) atoms. The molecule has 0 atom stereocenters. The van der Waals surface area contributed by atoms with Crippen molar-refractivity contribution in [2.24, 2.45) is 4.99 Å². The van der Waals surface area contributed by atoms with E-state index in [9.17, 15) is 0 Å². The Hall–Kier alpha value is -1.16. The number of thiophene rings is 1. The Labute approximate surface area is 171 Å². The first kappa shape index (κ1) is 21.9. The third-order valence-electron chi connectivity index (χ3n) is 3.70. The van der Waals surface area contributed by atoms with Gasteiger partial charge in [0.2, 0.25) is 5.89 Å². The monoisotopic (exact) mass is 477 g/mol. The Morgan fingerprint density at radius 3 is 2.80 bits per heavy atom. The van der Waals surface area contributed by atoms with Gasteiger partial charge in [0.05, 0.1) is 0 Å². The minimum Gasteiger partial charge on any atom is -0.356 e. The summed E-state index contributed by atoms with van der Waals surface area (Å²) < 4.78 is 5.26. The quantitative estimate of drug-likeness (QED) is 0.273. The van der Waals surface area contributed by atoms with Crippen LogP contribution in [0.25, 0.3) is 0 Å². The van der Waals surface area contributed by atoms with E-state index in [-0.39, 0.29) is 24.0 Å². The van der Waals surface area contributed by atoms with Crippen LogP contribution in [-0.2, 0) is 12.8 Å². The number of aryl methyl sites for hydroxylation is 1.